The first-order valence-electron chi connectivity index (χ1n) is 7.75. The van der Waals surface area contributed by atoms with E-state index in [9.17, 15) is 9.59 Å². The molecule has 0 saturated carbocycles. The Kier molecular flexibility index (Phi) is 5.41. The number of amides is 2. The second kappa shape index (κ2) is 7.29. The quantitative estimate of drug-likeness (QED) is 0.840. The number of ether oxygens (including phenoxy) is 1. The second-order valence-electron chi connectivity index (χ2n) is 6.01. The van der Waals surface area contributed by atoms with E-state index in [-0.39, 0.29) is 18.0 Å². The SMILES string of the molecule is COC(=O)[C@@H](NC(=O)N[C@H]1CCCc2ccccc21)C(C)C. The van der Waals surface area contributed by atoms with Gasteiger partial charge in [0, 0.05) is 0 Å². The van der Waals surface area contributed by atoms with E-state index in [2.05, 4.69) is 22.8 Å². The Bertz CT molecular complexity index is 542. The summed E-state index contributed by atoms with van der Waals surface area (Å²) in [6.07, 6.45) is 3.01. The summed E-state index contributed by atoms with van der Waals surface area (Å²) < 4.78 is 4.74. The van der Waals surface area contributed by atoms with Crippen molar-refractivity contribution in [1.29, 1.82) is 0 Å². The van der Waals surface area contributed by atoms with Gasteiger partial charge in [0.2, 0.25) is 0 Å². The summed E-state index contributed by atoms with van der Waals surface area (Å²) in [6.45, 7) is 3.75. The molecule has 0 unspecified atom stereocenters. The monoisotopic (exact) mass is 304 g/mol. The number of methoxy groups -OCH3 is 1. The maximum Gasteiger partial charge on any atom is 0.328 e. The molecule has 2 N–H and O–H groups in total. The molecule has 2 atom stereocenters. The van der Waals surface area contributed by atoms with E-state index in [4.69, 9.17) is 4.74 Å². The number of fused-ring (bicyclic) bond motifs is 1. The van der Waals surface area contributed by atoms with Crippen LogP contribution in [0, 0.1) is 5.92 Å². The lowest BCUT2D eigenvalue weighted by molar-refractivity contribution is -0.143. The van der Waals surface area contributed by atoms with Crippen LogP contribution in [0.5, 0.6) is 0 Å². The van der Waals surface area contributed by atoms with Gasteiger partial charge < -0.3 is 15.4 Å². The van der Waals surface area contributed by atoms with E-state index in [0.29, 0.717) is 0 Å². The number of aryl methyl sites for hydroxylation is 1. The Morgan fingerprint density at radius 1 is 1.27 bits per heavy atom. The molecule has 22 heavy (non-hydrogen) atoms. The third-order valence-corrected chi connectivity index (χ3v) is 4.08. The van der Waals surface area contributed by atoms with Crippen molar-refractivity contribution in [2.45, 2.75) is 45.2 Å². The number of carbonyl (C=O) groups excluding carboxylic acids is 2. The summed E-state index contributed by atoms with van der Waals surface area (Å²) in [4.78, 5) is 23.9. The molecule has 1 aromatic rings. The molecule has 0 spiro atoms. The normalized spacial score (nSPS) is 18.3. The van der Waals surface area contributed by atoms with Gasteiger partial charge in [0.25, 0.3) is 0 Å². The lowest BCUT2D eigenvalue weighted by Gasteiger charge is -2.28. The molecule has 0 saturated heterocycles. The number of carbonyl (C=O) groups is 2. The largest absolute Gasteiger partial charge is 0.467 e. The smallest absolute Gasteiger partial charge is 0.328 e. The molecule has 0 heterocycles. The predicted molar refractivity (Wildman–Crippen MR) is 84.4 cm³/mol. The molecule has 5 nitrogen and oxygen atoms in total. The van der Waals surface area contributed by atoms with Gasteiger partial charge >= 0.3 is 12.0 Å². The van der Waals surface area contributed by atoms with Crippen LogP contribution in [0.15, 0.2) is 24.3 Å². The van der Waals surface area contributed by atoms with Gasteiger partial charge in [-0.25, -0.2) is 9.59 Å². The minimum Gasteiger partial charge on any atom is -0.467 e. The van der Waals surface area contributed by atoms with Crippen LogP contribution >= 0.6 is 0 Å². The molecule has 0 bridgehead atoms. The lowest BCUT2D eigenvalue weighted by atomic mass is 9.88. The van der Waals surface area contributed by atoms with Gasteiger partial charge in [0.15, 0.2) is 0 Å². The first-order chi connectivity index (χ1) is 10.5. The molecular weight excluding hydrogens is 280 g/mol. The fourth-order valence-corrected chi connectivity index (χ4v) is 2.87. The van der Waals surface area contributed by atoms with E-state index in [1.54, 1.807) is 0 Å². The van der Waals surface area contributed by atoms with E-state index in [1.165, 1.54) is 18.2 Å². The first-order valence-corrected chi connectivity index (χ1v) is 7.75. The molecule has 2 rings (SSSR count). The minimum atomic E-state index is -0.635. The van der Waals surface area contributed by atoms with Gasteiger partial charge in [0.1, 0.15) is 6.04 Å². The van der Waals surface area contributed by atoms with Gasteiger partial charge in [0.05, 0.1) is 13.2 Å². The molecule has 0 aromatic heterocycles. The zero-order valence-corrected chi connectivity index (χ0v) is 13.4. The van der Waals surface area contributed by atoms with Crippen molar-refractivity contribution >= 4 is 12.0 Å². The fraction of sp³-hybridized carbons (Fsp3) is 0.529. The van der Waals surface area contributed by atoms with E-state index >= 15 is 0 Å². The van der Waals surface area contributed by atoms with Crippen LogP contribution in [-0.4, -0.2) is 25.2 Å². The van der Waals surface area contributed by atoms with E-state index in [0.717, 1.165) is 19.3 Å². The number of benzene rings is 1. The van der Waals surface area contributed by atoms with Crippen molar-refractivity contribution < 1.29 is 14.3 Å². The third kappa shape index (κ3) is 3.78. The minimum absolute atomic E-state index is 0.00425. The van der Waals surface area contributed by atoms with Crippen molar-refractivity contribution in [1.82, 2.24) is 10.6 Å². The van der Waals surface area contributed by atoms with Crippen molar-refractivity contribution in [2.75, 3.05) is 7.11 Å². The van der Waals surface area contributed by atoms with Crippen LogP contribution in [0.2, 0.25) is 0 Å². The highest BCUT2D eigenvalue weighted by atomic mass is 16.5. The molecule has 0 aliphatic heterocycles. The van der Waals surface area contributed by atoms with Gasteiger partial charge in [-0.3, -0.25) is 0 Å². The van der Waals surface area contributed by atoms with E-state index in [1.807, 2.05) is 26.0 Å². The molecule has 0 radical (unpaired) electrons. The van der Waals surface area contributed by atoms with Crippen molar-refractivity contribution in [3.8, 4) is 0 Å². The Balaban J connectivity index is 2.02. The van der Waals surface area contributed by atoms with Crippen molar-refractivity contribution in [2.24, 2.45) is 5.92 Å². The van der Waals surface area contributed by atoms with Crippen LogP contribution < -0.4 is 10.6 Å². The maximum atomic E-state index is 12.2. The summed E-state index contributed by atoms with van der Waals surface area (Å²) in [7, 11) is 1.33. The average molecular weight is 304 g/mol. The fourth-order valence-electron chi connectivity index (χ4n) is 2.87. The van der Waals surface area contributed by atoms with Gasteiger partial charge in [-0.15, -0.1) is 0 Å². The summed E-state index contributed by atoms with van der Waals surface area (Å²) in [5.41, 5.74) is 2.45. The number of hydrogen-bond acceptors (Lipinski definition) is 3. The van der Waals surface area contributed by atoms with Crippen LogP contribution in [0.3, 0.4) is 0 Å². The number of hydrogen-bond donors (Lipinski definition) is 2. The molecule has 1 aromatic carbocycles. The Hall–Kier alpha value is -2.04. The standard InChI is InChI=1S/C17H24N2O3/c1-11(2)15(16(20)22-3)19-17(21)18-14-10-6-8-12-7-4-5-9-13(12)14/h4-5,7,9,11,14-15H,6,8,10H2,1-3H3,(H2,18,19,21)/t14-,15-/m0/s1. The molecule has 0 fully saturated rings. The number of urea groups is 1. The number of nitrogens with one attached hydrogen (secondary N) is 2. The van der Waals surface area contributed by atoms with Crippen LogP contribution in [0.1, 0.15) is 43.9 Å². The van der Waals surface area contributed by atoms with Crippen LogP contribution in [-0.2, 0) is 16.0 Å². The molecule has 120 valence electrons. The summed E-state index contributed by atoms with van der Waals surface area (Å²) >= 11 is 0. The predicted octanol–water partition coefficient (Wildman–Crippen LogP) is 2.56. The Morgan fingerprint density at radius 2 is 2.00 bits per heavy atom. The van der Waals surface area contributed by atoms with Crippen molar-refractivity contribution in [3.63, 3.8) is 0 Å². The highest BCUT2D eigenvalue weighted by Gasteiger charge is 2.27. The first kappa shape index (κ1) is 16.3. The summed E-state index contributed by atoms with van der Waals surface area (Å²) in [6, 6.07) is 7.20. The molecule has 2 amide bonds. The highest BCUT2D eigenvalue weighted by Crippen LogP contribution is 2.29. The number of esters is 1. The molecule has 1 aliphatic carbocycles. The van der Waals surface area contributed by atoms with Crippen molar-refractivity contribution in [3.05, 3.63) is 35.4 Å². The Morgan fingerprint density at radius 3 is 2.68 bits per heavy atom. The maximum absolute atomic E-state index is 12.2. The topological polar surface area (TPSA) is 67.4 Å². The third-order valence-electron chi connectivity index (χ3n) is 4.08. The van der Waals surface area contributed by atoms with E-state index < -0.39 is 12.0 Å². The van der Waals surface area contributed by atoms with Crippen LogP contribution in [0.4, 0.5) is 4.79 Å². The highest BCUT2D eigenvalue weighted by molar-refractivity contribution is 5.83. The molecular formula is C17H24N2O3. The number of rotatable bonds is 4. The summed E-state index contributed by atoms with van der Waals surface area (Å²) in [5.74, 6) is -0.453. The average Bonchev–Trinajstić information content (AvgIpc) is 2.52. The summed E-state index contributed by atoms with van der Waals surface area (Å²) in [5, 5.41) is 5.70. The second-order valence-corrected chi connectivity index (χ2v) is 6.01. The lowest BCUT2D eigenvalue weighted by Crippen LogP contribution is -2.50. The van der Waals surface area contributed by atoms with Gasteiger partial charge in [-0.05, 0) is 36.3 Å². The Labute approximate surface area is 131 Å². The van der Waals surface area contributed by atoms with Crippen LogP contribution in [0.25, 0.3) is 0 Å². The molecule has 5 heteroatoms. The van der Waals surface area contributed by atoms with Gasteiger partial charge in [-0.1, -0.05) is 38.1 Å². The molecule has 1 aliphatic rings. The zero-order valence-electron chi connectivity index (χ0n) is 13.4. The van der Waals surface area contributed by atoms with Gasteiger partial charge in [-0.2, -0.15) is 0 Å². The zero-order chi connectivity index (χ0) is 16.1.